The van der Waals surface area contributed by atoms with Crippen molar-refractivity contribution in [2.24, 2.45) is 5.92 Å². The Kier molecular flexibility index (Phi) is 5.58. The van der Waals surface area contributed by atoms with Crippen molar-refractivity contribution in [1.82, 2.24) is 10.2 Å². The van der Waals surface area contributed by atoms with Crippen LogP contribution in [0.5, 0.6) is 0 Å². The number of aliphatic hydroxyl groups is 1. The summed E-state index contributed by atoms with van der Waals surface area (Å²) in [5, 5.41) is 12.9. The van der Waals surface area contributed by atoms with Gasteiger partial charge in [-0.1, -0.05) is 6.92 Å². The Morgan fingerprint density at radius 1 is 1.33 bits per heavy atom. The third kappa shape index (κ3) is 4.09. The van der Waals surface area contributed by atoms with Crippen molar-refractivity contribution in [3.63, 3.8) is 0 Å². The Bertz CT molecular complexity index is 165. The third-order valence-corrected chi connectivity index (χ3v) is 3.61. The lowest BCUT2D eigenvalue weighted by atomic mass is 9.95. The van der Waals surface area contributed by atoms with E-state index in [-0.39, 0.29) is 6.10 Å². The summed E-state index contributed by atoms with van der Waals surface area (Å²) in [6, 6.07) is 0.310. The molecule has 0 aromatic carbocycles. The normalized spacial score (nSPS) is 24.0. The first-order valence-corrected chi connectivity index (χ1v) is 6.28. The van der Waals surface area contributed by atoms with E-state index < -0.39 is 0 Å². The second-order valence-electron chi connectivity index (χ2n) is 4.77. The Labute approximate surface area is 93.9 Å². The minimum Gasteiger partial charge on any atom is -0.392 e. The van der Waals surface area contributed by atoms with Gasteiger partial charge in [0.2, 0.25) is 0 Å². The standard InChI is InChI=1S/C12H26N2O/c1-4-13-9-12-5-7-14(8-6-12)10(2)11(3)15/h10-13,15H,4-9H2,1-3H3. The van der Waals surface area contributed by atoms with Gasteiger partial charge in [0.25, 0.3) is 0 Å². The van der Waals surface area contributed by atoms with Crippen LogP contribution in [0.15, 0.2) is 0 Å². The molecule has 1 rings (SSSR count). The first-order valence-electron chi connectivity index (χ1n) is 6.28. The Hall–Kier alpha value is -0.120. The van der Waals surface area contributed by atoms with Gasteiger partial charge in [0.1, 0.15) is 0 Å². The molecule has 1 fully saturated rings. The van der Waals surface area contributed by atoms with E-state index in [1.807, 2.05) is 6.92 Å². The summed E-state index contributed by atoms with van der Waals surface area (Å²) in [5.41, 5.74) is 0. The Morgan fingerprint density at radius 3 is 2.40 bits per heavy atom. The molecule has 90 valence electrons. The molecule has 0 saturated carbocycles. The number of aliphatic hydroxyl groups excluding tert-OH is 1. The molecular weight excluding hydrogens is 188 g/mol. The van der Waals surface area contributed by atoms with Crippen LogP contribution in [0.1, 0.15) is 33.6 Å². The molecule has 2 unspecified atom stereocenters. The minimum atomic E-state index is -0.213. The van der Waals surface area contributed by atoms with Crippen LogP contribution in [0.25, 0.3) is 0 Å². The molecular formula is C12H26N2O. The zero-order valence-corrected chi connectivity index (χ0v) is 10.4. The molecule has 0 spiro atoms. The lowest BCUT2D eigenvalue weighted by Gasteiger charge is -2.37. The predicted octanol–water partition coefficient (Wildman–Crippen LogP) is 1.08. The van der Waals surface area contributed by atoms with Gasteiger partial charge in [-0.25, -0.2) is 0 Å². The highest BCUT2D eigenvalue weighted by molar-refractivity contribution is 4.79. The van der Waals surface area contributed by atoms with Gasteiger partial charge in [-0.15, -0.1) is 0 Å². The van der Waals surface area contributed by atoms with E-state index in [2.05, 4.69) is 24.1 Å². The average Bonchev–Trinajstić information content (AvgIpc) is 2.26. The van der Waals surface area contributed by atoms with Gasteiger partial charge in [0.15, 0.2) is 0 Å². The van der Waals surface area contributed by atoms with Crippen molar-refractivity contribution in [2.45, 2.75) is 45.8 Å². The minimum absolute atomic E-state index is 0.213. The molecule has 1 saturated heterocycles. The highest BCUT2D eigenvalue weighted by Gasteiger charge is 2.24. The molecule has 1 heterocycles. The number of hydrogen-bond donors (Lipinski definition) is 2. The van der Waals surface area contributed by atoms with E-state index in [0.717, 1.165) is 32.1 Å². The van der Waals surface area contributed by atoms with E-state index in [1.165, 1.54) is 12.8 Å². The summed E-state index contributed by atoms with van der Waals surface area (Å²) < 4.78 is 0. The van der Waals surface area contributed by atoms with Crippen LogP contribution < -0.4 is 5.32 Å². The fourth-order valence-corrected chi connectivity index (χ4v) is 2.22. The van der Waals surface area contributed by atoms with E-state index in [0.29, 0.717) is 6.04 Å². The number of piperidine rings is 1. The van der Waals surface area contributed by atoms with Gasteiger partial charge < -0.3 is 10.4 Å². The van der Waals surface area contributed by atoms with Crippen LogP contribution in [0, 0.1) is 5.92 Å². The van der Waals surface area contributed by atoms with Crippen molar-refractivity contribution < 1.29 is 5.11 Å². The van der Waals surface area contributed by atoms with E-state index in [9.17, 15) is 5.11 Å². The molecule has 0 radical (unpaired) electrons. The largest absolute Gasteiger partial charge is 0.392 e. The van der Waals surface area contributed by atoms with Gasteiger partial charge in [-0.05, 0) is 58.8 Å². The molecule has 0 aromatic heterocycles. The molecule has 1 aliphatic heterocycles. The molecule has 0 bridgehead atoms. The lowest BCUT2D eigenvalue weighted by Crippen LogP contribution is -2.46. The summed E-state index contributed by atoms with van der Waals surface area (Å²) in [6.45, 7) is 10.7. The van der Waals surface area contributed by atoms with Gasteiger partial charge >= 0.3 is 0 Å². The summed E-state index contributed by atoms with van der Waals surface area (Å²) in [7, 11) is 0. The van der Waals surface area contributed by atoms with E-state index >= 15 is 0 Å². The van der Waals surface area contributed by atoms with Crippen LogP contribution in [-0.2, 0) is 0 Å². The van der Waals surface area contributed by atoms with E-state index in [1.54, 1.807) is 0 Å². The van der Waals surface area contributed by atoms with Gasteiger partial charge in [-0.2, -0.15) is 0 Å². The number of rotatable bonds is 5. The monoisotopic (exact) mass is 214 g/mol. The molecule has 1 aliphatic rings. The Morgan fingerprint density at radius 2 is 1.93 bits per heavy atom. The van der Waals surface area contributed by atoms with Crippen LogP contribution in [0.4, 0.5) is 0 Å². The maximum absolute atomic E-state index is 9.53. The average molecular weight is 214 g/mol. The van der Waals surface area contributed by atoms with Crippen molar-refractivity contribution in [3.05, 3.63) is 0 Å². The summed E-state index contributed by atoms with van der Waals surface area (Å²) in [4.78, 5) is 2.41. The van der Waals surface area contributed by atoms with Gasteiger partial charge in [0, 0.05) is 6.04 Å². The zero-order valence-electron chi connectivity index (χ0n) is 10.4. The van der Waals surface area contributed by atoms with Crippen LogP contribution in [-0.4, -0.2) is 48.3 Å². The highest BCUT2D eigenvalue weighted by Crippen LogP contribution is 2.19. The maximum Gasteiger partial charge on any atom is 0.0664 e. The first kappa shape index (κ1) is 12.9. The second-order valence-corrected chi connectivity index (χ2v) is 4.77. The molecule has 0 aliphatic carbocycles. The molecule has 0 amide bonds. The molecule has 3 nitrogen and oxygen atoms in total. The van der Waals surface area contributed by atoms with Crippen LogP contribution in [0.3, 0.4) is 0 Å². The van der Waals surface area contributed by atoms with Gasteiger partial charge in [-0.3, -0.25) is 4.90 Å². The number of hydrogen-bond acceptors (Lipinski definition) is 3. The SMILES string of the molecule is CCNCC1CCN(C(C)C(C)O)CC1. The van der Waals surface area contributed by atoms with Crippen molar-refractivity contribution >= 4 is 0 Å². The van der Waals surface area contributed by atoms with Crippen molar-refractivity contribution in [3.8, 4) is 0 Å². The fraction of sp³-hybridized carbons (Fsp3) is 1.00. The second kappa shape index (κ2) is 6.46. The predicted molar refractivity (Wildman–Crippen MR) is 64.0 cm³/mol. The molecule has 15 heavy (non-hydrogen) atoms. The van der Waals surface area contributed by atoms with Crippen LogP contribution >= 0.6 is 0 Å². The number of nitrogens with zero attached hydrogens (tertiary/aromatic N) is 1. The first-order chi connectivity index (χ1) is 7.15. The lowest BCUT2D eigenvalue weighted by molar-refractivity contribution is 0.0483. The van der Waals surface area contributed by atoms with Crippen LogP contribution in [0.2, 0.25) is 0 Å². The smallest absolute Gasteiger partial charge is 0.0664 e. The third-order valence-electron chi connectivity index (χ3n) is 3.61. The Balaban J connectivity index is 2.23. The molecule has 3 heteroatoms. The molecule has 0 aromatic rings. The summed E-state index contributed by atoms with van der Waals surface area (Å²) >= 11 is 0. The van der Waals surface area contributed by atoms with Gasteiger partial charge in [0.05, 0.1) is 6.10 Å². The van der Waals surface area contributed by atoms with Crippen molar-refractivity contribution in [1.29, 1.82) is 0 Å². The highest BCUT2D eigenvalue weighted by atomic mass is 16.3. The fourth-order valence-electron chi connectivity index (χ4n) is 2.22. The molecule has 2 N–H and O–H groups in total. The molecule has 2 atom stereocenters. The number of nitrogens with one attached hydrogen (secondary N) is 1. The van der Waals surface area contributed by atoms with Crippen molar-refractivity contribution in [2.75, 3.05) is 26.2 Å². The summed E-state index contributed by atoms with van der Waals surface area (Å²) in [6.07, 6.45) is 2.32. The topological polar surface area (TPSA) is 35.5 Å². The van der Waals surface area contributed by atoms with E-state index in [4.69, 9.17) is 0 Å². The maximum atomic E-state index is 9.53. The summed E-state index contributed by atoms with van der Waals surface area (Å²) in [5.74, 6) is 0.836. The zero-order chi connectivity index (χ0) is 11.3. The quantitative estimate of drug-likeness (QED) is 0.719. The number of likely N-dealkylation sites (tertiary alicyclic amines) is 1.